The van der Waals surface area contributed by atoms with Gasteiger partial charge in [0.1, 0.15) is 16.8 Å². The highest BCUT2D eigenvalue weighted by Gasteiger charge is 2.25. The topological polar surface area (TPSA) is 51.6 Å². The third kappa shape index (κ3) is 1.89. The van der Waals surface area contributed by atoms with Gasteiger partial charge in [-0.25, -0.2) is 4.98 Å². The summed E-state index contributed by atoms with van der Waals surface area (Å²) in [4.78, 5) is 4.28. The fraction of sp³-hybridized carbons (Fsp3) is 0.300. The Morgan fingerprint density at radius 1 is 1.65 bits per heavy atom. The lowest BCUT2D eigenvalue weighted by Gasteiger charge is -2.25. The summed E-state index contributed by atoms with van der Waals surface area (Å²) in [6.45, 7) is 0.247. The normalized spacial score (nSPS) is 18.6. The van der Waals surface area contributed by atoms with Crippen molar-refractivity contribution in [3.8, 4) is 11.5 Å². The first-order chi connectivity index (χ1) is 8.19. The van der Waals surface area contributed by atoms with Gasteiger partial charge in [0, 0.05) is 6.07 Å². The number of ether oxygens (including phenoxy) is 2. The number of aliphatic hydroxyl groups excluding tert-OH is 1. The molecule has 0 saturated carbocycles. The Morgan fingerprint density at radius 2 is 2.47 bits per heavy atom. The second-order valence-corrected chi connectivity index (χ2v) is 6.25. The first kappa shape index (κ1) is 11.5. The van der Waals surface area contributed by atoms with Crippen LogP contribution in [-0.4, -0.2) is 29.4 Å². The maximum absolute atomic E-state index is 9.05. The van der Waals surface area contributed by atoms with E-state index in [1.54, 1.807) is 6.07 Å². The summed E-state index contributed by atoms with van der Waals surface area (Å²) < 4.78 is 12.8. The molecule has 1 atom stereocenters. The third-order valence-electron chi connectivity index (χ3n) is 2.43. The van der Waals surface area contributed by atoms with E-state index in [2.05, 4.69) is 20.9 Å². The van der Waals surface area contributed by atoms with Gasteiger partial charge in [-0.2, -0.15) is 0 Å². The summed E-state index contributed by atoms with van der Waals surface area (Å²) >= 11 is 10.9. The molecule has 0 amide bonds. The van der Waals surface area contributed by atoms with Gasteiger partial charge >= 0.3 is 0 Å². The molecule has 0 unspecified atom stereocenters. The molecule has 0 radical (unpaired) electrons. The summed E-state index contributed by atoms with van der Waals surface area (Å²) in [5.41, 5.74) is 0.702. The number of aromatic nitrogens is 1. The quantitative estimate of drug-likeness (QED) is 0.870. The van der Waals surface area contributed by atoms with Gasteiger partial charge in [-0.05, 0) is 15.9 Å². The van der Waals surface area contributed by atoms with Gasteiger partial charge in [0.15, 0.2) is 21.5 Å². The zero-order chi connectivity index (χ0) is 12.0. The van der Waals surface area contributed by atoms with Gasteiger partial charge in [-0.15, -0.1) is 11.3 Å². The fourth-order valence-corrected chi connectivity index (χ4v) is 3.44. The predicted octanol–water partition coefficient (Wildman–Crippen LogP) is 2.84. The molecule has 90 valence electrons. The number of thiazole rings is 1. The van der Waals surface area contributed by atoms with Crippen molar-refractivity contribution < 1.29 is 14.6 Å². The van der Waals surface area contributed by atoms with Crippen LogP contribution < -0.4 is 9.47 Å². The van der Waals surface area contributed by atoms with Gasteiger partial charge in [0.25, 0.3) is 0 Å². The molecule has 1 aromatic heterocycles. The SMILES string of the molecule is OC[C@H]1COc2c(cc(Cl)c3nc(Br)sc23)O1. The lowest BCUT2D eigenvalue weighted by Crippen LogP contribution is -2.32. The molecule has 0 aliphatic carbocycles. The molecule has 1 aromatic carbocycles. The highest BCUT2D eigenvalue weighted by molar-refractivity contribution is 9.11. The Morgan fingerprint density at radius 3 is 3.24 bits per heavy atom. The van der Waals surface area contributed by atoms with Crippen molar-refractivity contribution in [2.75, 3.05) is 13.2 Å². The van der Waals surface area contributed by atoms with Crippen molar-refractivity contribution in [1.82, 2.24) is 4.98 Å². The van der Waals surface area contributed by atoms with Gasteiger partial charge in [-0.3, -0.25) is 0 Å². The highest BCUT2D eigenvalue weighted by atomic mass is 79.9. The standard InChI is InChI=1S/C10H7BrClNO3S/c11-10-13-7-5(12)1-6-8(9(7)17-10)15-3-4(2-14)16-6/h1,4,14H,2-3H2/t4-/m0/s1. The molecular weight excluding hydrogens is 330 g/mol. The molecule has 2 heterocycles. The Hall–Kier alpha value is -0.560. The van der Waals surface area contributed by atoms with Crippen LogP contribution in [0.1, 0.15) is 0 Å². The van der Waals surface area contributed by atoms with E-state index in [0.29, 0.717) is 28.6 Å². The summed E-state index contributed by atoms with van der Waals surface area (Å²) in [5, 5.41) is 9.56. The zero-order valence-corrected chi connectivity index (χ0v) is 11.6. The fourth-order valence-electron chi connectivity index (χ4n) is 1.67. The van der Waals surface area contributed by atoms with E-state index < -0.39 is 0 Å². The smallest absolute Gasteiger partial charge is 0.180 e. The minimum atomic E-state index is -0.340. The van der Waals surface area contributed by atoms with E-state index in [1.165, 1.54) is 11.3 Å². The van der Waals surface area contributed by atoms with Crippen LogP contribution in [-0.2, 0) is 0 Å². The Kier molecular flexibility index (Phi) is 2.90. The lowest BCUT2D eigenvalue weighted by atomic mass is 10.2. The Bertz CT molecular complexity index is 588. The van der Waals surface area contributed by atoms with Crippen LogP contribution >= 0.6 is 38.9 Å². The van der Waals surface area contributed by atoms with E-state index in [1.807, 2.05) is 0 Å². The van der Waals surface area contributed by atoms with Crippen molar-refractivity contribution in [3.05, 3.63) is 15.0 Å². The largest absolute Gasteiger partial charge is 0.484 e. The van der Waals surface area contributed by atoms with E-state index in [-0.39, 0.29) is 12.7 Å². The van der Waals surface area contributed by atoms with Crippen LogP contribution in [0.25, 0.3) is 10.2 Å². The van der Waals surface area contributed by atoms with Gasteiger partial charge < -0.3 is 14.6 Å². The number of benzene rings is 1. The van der Waals surface area contributed by atoms with E-state index >= 15 is 0 Å². The molecule has 1 N–H and O–H groups in total. The number of rotatable bonds is 1. The van der Waals surface area contributed by atoms with Crippen LogP contribution in [0, 0.1) is 0 Å². The van der Waals surface area contributed by atoms with Crippen LogP contribution in [0.5, 0.6) is 11.5 Å². The predicted molar refractivity (Wildman–Crippen MR) is 69.3 cm³/mol. The Labute approximate surface area is 114 Å². The van der Waals surface area contributed by atoms with Crippen LogP contribution in [0.4, 0.5) is 0 Å². The monoisotopic (exact) mass is 335 g/mol. The summed E-state index contributed by atoms with van der Waals surface area (Å²) in [6.07, 6.45) is -0.340. The molecule has 1 aliphatic rings. The van der Waals surface area contributed by atoms with Crippen molar-refractivity contribution in [1.29, 1.82) is 0 Å². The van der Waals surface area contributed by atoms with Gasteiger partial charge in [-0.1, -0.05) is 11.6 Å². The van der Waals surface area contributed by atoms with Gasteiger partial charge in [0.05, 0.1) is 11.6 Å². The molecule has 2 aromatic rings. The Balaban J connectivity index is 2.20. The molecule has 0 saturated heterocycles. The van der Waals surface area contributed by atoms with Crippen molar-refractivity contribution >= 4 is 49.1 Å². The molecule has 17 heavy (non-hydrogen) atoms. The highest BCUT2D eigenvalue weighted by Crippen LogP contribution is 2.45. The number of hydrogen-bond donors (Lipinski definition) is 1. The molecule has 0 bridgehead atoms. The molecular formula is C10H7BrClNO3S. The van der Waals surface area contributed by atoms with E-state index in [9.17, 15) is 0 Å². The van der Waals surface area contributed by atoms with Crippen LogP contribution in [0.3, 0.4) is 0 Å². The molecule has 7 heteroatoms. The van der Waals surface area contributed by atoms with Crippen molar-refractivity contribution in [2.45, 2.75) is 6.10 Å². The number of aliphatic hydroxyl groups is 1. The molecule has 0 spiro atoms. The number of halogens is 2. The second kappa shape index (κ2) is 4.28. The number of hydrogen-bond acceptors (Lipinski definition) is 5. The summed E-state index contributed by atoms with van der Waals surface area (Å²) in [6, 6.07) is 1.67. The molecule has 4 nitrogen and oxygen atoms in total. The minimum Gasteiger partial charge on any atom is -0.484 e. The lowest BCUT2D eigenvalue weighted by molar-refractivity contribution is 0.0469. The second-order valence-electron chi connectivity index (χ2n) is 3.56. The van der Waals surface area contributed by atoms with Crippen molar-refractivity contribution in [2.24, 2.45) is 0 Å². The maximum atomic E-state index is 9.05. The first-order valence-corrected chi connectivity index (χ1v) is 6.86. The molecule has 1 aliphatic heterocycles. The van der Waals surface area contributed by atoms with Crippen molar-refractivity contribution in [3.63, 3.8) is 0 Å². The third-order valence-corrected chi connectivity index (χ3v) is 4.22. The van der Waals surface area contributed by atoms with Crippen LogP contribution in [0.15, 0.2) is 9.98 Å². The minimum absolute atomic E-state index is 0.0819. The maximum Gasteiger partial charge on any atom is 0.180 e. The zero-order valence-electron chi connectivity index (χ0n) is 8.44. The van der Waals surface area contributed by atoms with Gasteiger partial charge in [0.2, 0.25) is 0 Å². The van der Waals surface area contributed by atoms with E-state index in [4.69, 9.17) is 26.2 Å². The number of fused-ring (bicyclic) bond motifs is 3. The molecule has 3 rings (SSSR count). The summed E-state index contributed by atoms with van der Waals surface area (Å²) in [7, 11) is 0. The van der Waals surface area contributed by atoms with E-state index in [0.717, 1.165) is 8.62 Å². The molecule has 0 fully saturated rings. The average Bonchev–Trinajstić information content (AvgIpc) is 2.71. The first-order valence-electron chi connectivity index (χ1n) is 4.88. The number of nitrogens with zero attached hydrogens (tertiary/aromatic N) is 1. The average molecular weight is 337 g/mol. The summed E-state index contributed by atoms with van der Waals surface area (Å²) in [5.74, 6) is 1.21. The van der Waals surface area contributed by atoms with Crippen LogP contribution in [0.2, 0.25) is 5.02 Å².